The van der Waals surface area contributed by atoms with Crippen LogP contribution in [0.1, 0.15) is 33.5 Å². The highest BCUT2D eigenvalue weighted by molar-refractivity contribution is 7.09. The maximum Gasteiger partial charge on any atom is 0.335 e. The molecule has 1 N–H and O–H groups in total. The van der Waals surface area contributed by atoms with Crippen LogP contribution in [0.5, 0.6) is 0 Å². The van der Waals surface area contributed by atoms with E-state index in [0.717, 1.165) is 45.7 Å². The number of rotatable bonds is 6. The fraction of sp³-hybridized carbons (Fsp3) is 0.444. The van der Waals surface area contributed by atoms with E-state index >= 15 is 0 Å². The molecule has 2 heterocycles. The van der Waals surface area contributed by atoms with Crippen molar-refractivity contribution in [3.8, 4) is 0 Å². The Morgan fingerprint density at radius 2 is 1.75 bits per heavy atom. The highest BCUT2D eigenvalue weighted by Gasteiger charge is 2.18. The number of hydrogen-bond donors (Lipinski definition) is 1. The van der Waals surface area contributed by atoms with Gasteiger partial charge in [0.2, 0.25) is 0 Å². The van der Waals surface area contributed by atoms with E-state index in [0.29, 0.717) is 5.56 Å². The molecule has 3 rings (SSSR count). The summed E-state index contributed by atoms with van der Waals surface area (Å²) >= 11 is 1.75. The summed E-state index contributed by atoms with van der Waals surface area (Å²) in [6.07, 6.45) is 1.01. The van der Waals surface area contributed by atoms with Gasteiger partial charge in [0.25, 0.3) is 0 Å². The number of thiazole rings is 1. The molecule has 0 bridgehead atoms. The van der Waals surface area contributed by atoms with E-state index < -0.39 is 5.97 Å². The predicted octanol–water partition coefficient (Wildman–Crippen LogP) is 2.72. The van der Waals surface area contributed by atoms with E-state index in [1.165, 1.54) is 16.3 Å². The van der Waals surface area contributed by atoms with E-state index in [9.17, 15) is 4.79 Å². The molecular formula is C18H23N3O2S. The molecule has 6 heteroatoms. The number of carbonyl (C=O) groups is 1. The van der Waals surface area contributed by atoms with Crippen LogP contribution in [0.25, 0.3) is 0 Å². The lowest BCUT2D eigenvalue weighted by atomic mass is 10.1. The number of carboxylic acids is 1. The van der Waals surface area contributed by atoms with Crippen molar-refractivity contribution in [2.75, 3.05) is 26.2 Å². The van der Waals surface area contributed by atoms with Crippen molar-refractivity contribution in [3.63, 3.8) is 0 Å². The Morgan fingerprint density at radius 3 is 2.29 bits per heavy atom. The molecule has 1 aliphatic heterocycles. The molecule has 128 valence electrons. The van der Waals surface area contributed by atoms with Gasteiger partial charge in [0.15, 0.2) is 0 Å². The molecule has 2 aromatic rings. The molecule has 1 aromatic heterocycles. The van der Waals surface area contributed by atoms with Gasteiger partial charge in [-0.05, 0) is 24.1 Å². The minimum absolute atomic E-state index is 0.346. The highest BCUT2D eigenvalue weighted by Crippen LogP contribution is 2.15. The number of hydrogen-bond acceptors (Lipinski definition) is 5. The van der Waals surface area contributed by atoms with Gasteiger partial charge >= 0.3 is 5.97 Å². The van der Waals surface area contributed by atoms with Gasteiger partial charge in [0, 0.05) is 44.6 Å². The Morgan fingerprint density at radius 1 is 1.12 bits per heavy atom. The number of benzene rings is 1. The molecular weight excluding hydrogens is 322 g/mol. The van der Waals surface area contributed by atoms with Gasteiger partial charge in [-0.3, -0.25) is 9.80 Å². The average molecular weight is 345 g/mol. The Labute approximate surface area is 146 Å². The molecule has 0 unspecified atom stereocenters. The monoisotopic (exact) mass is 345 g/mol. The van der Waals surface area contributed by atoms with E-state index in [4.69, 9.17) is 5.11 Å². The van der Waals surface area contributed by atoms with Crippen LogP contribution >= 0.6 is 11.3 Å². The van der Waals surface area contributed by atoms with Crippen LogP contribution in [0.2, 0.25) is 0 Å². The summed E-state index contributed by atoms with van der Waals surface area (Å²) in [5.74, 6) is -0.872. The summed E-state index contributed by atoms with van der Waals surface area (Å²) in [6.45, 7) is 8.13. The van der Waals surface area contributed by atoms with Crippen LogP contribution < -0.4 is 0 Å². The van der Waals surface area contributed by atoms with E-state index in [1.807, 2.05) is 12.1 Å². The van der Waals surface area contributed by atoms with Gasteiger partial charge in [-0.15, -0.1) is 11.3 Å². The topological polar surface area (TPSA) is 56.7 Å². The summed E-state index contributed by atoms with van der Waals surface area (Å²) in [5, 5.41) is 12.3. The van der Waals surface area contributed by atoms with Crippen molar-refractivity contribution in [2.24, 2.45) is 0 Å². The van der Waals surface area contributed by atoms with Crippen molar-refractivity contribution in [1.29, 1.82) is 0 Å². The SMILES string of the molecule is CCc1nc(CN2CCN(Cc3ccc(C(=O)O)cc3)CC2)cs1. The zero-order valence-electron chi connectivity index (χ0n) is 13.9. The molecule has 0 amide bonds. The van der Waals surface area contributed by atoms with Crippen molar-refractivity contribution in [2.45, 2.75) is 26.4 Å². The van der Waals surface area contributed by atoms with E-state index in [1.54, 1.807) is 23.5 Å². The van der Waals surface area contributed by atoms with Crippen LogP contribution in [-0.4, -0.2) is 52.0 Å². The number of aromatic nitrogens is 1. The first-order chi connectivity index (χ1) is 11.6. The first-order valence-electron chi connectivity index (χ1n) is 8.34. The summed E-state index contributed by atoms with van der Waals surface area (Å²) in [5.41, 5.74) is 2.70. The van der Waals surface area contributed by atoms with Crippen LogP contribution in [0, 0.1) is 0 Å². The zero-order valence-corrected chi connectivity index (χ0v) is 14.8. The standard InChI is InChI=1S/C18H23N3O2S/c1-2-17-19-16(13-24-17)12-21-9-7-20(8-10-21)11-14-3-5-15(6-4-14)18(22)23/h3-6,13H,2,7-12H2,1H3,(H,22,23). The maximum atomic E-state index is 10.9. The lowest BCUT2D eigenvalue weighted by Gasteiger charge is -2.34. The second kappa shape index (κ2) is 7.88. The first-order valence-corrected chi connectivity index (χ1v) is 9.22. The molecule has 0 saturated carbocycles. The second-order valence-electron chi connectivity index (χ2n) is 6.14. The summed E-state index contributed by atoms with van der Waals surface area (Å²) < 4.78 is 0. The van der Waals surface area contributed by atoms with Gasteiger partial charge in [0.05, 0.1) is 16.3 Å². The minimum Gasteiger partial charge on any atom is -0.478 e. The smallest absolute Gasteiger partial charge is 0.335 e. The quantitative estimate of drug-likeness (QED) is 0.872. The van der Waals surface area contributed by atoms with Gasteiger partial charge in [-0.25, -0.2) is 9.78 Å². The molecule has 0 aliphatic carbocycles. The van der Waals surface area contributed by atoms with Crippen molar-refractivity contribution >= 4 is 17.3 Å². The summed E-state index contributed by atoms with van der Waals surface area (Å²) in [7, 11) is 0. The molecule has 1 aromatic carbocycles. The van der Waals surface area contributed by atoms with Crippen LogP contribution in [0.15, 0.2) is 29.6 Å². The fourth-order valence-electron chi connectivity index (χ4n) is 2.93. The Balaban J connectivity index is 1.47. The maximum absolute atomic E-state index is 10.9. The second-order valence-corrected chi connectivity index (χ2v) is 7.08. The van der Waals surface area contributed by atoms with Gasteiger partial charge in [0.1, 0.15) is 0 Å². The third-order valence-corrected chi connectivity index (χ3v) is 5.40. The number of nitrogens with zero attached hydrogens (tertiary/aromatic N) is 3. The molecule has 1 fully saturated rings. The predicted molar refractivity (Wildman–Crippen MR) is 95.4 cm³/mol. The number of aromatic carboxylic acids is 1. The Kier molecular flexibility index (Phi) is 5.60. The van der Waals surface area contributed by atoms with Gasteiger partial charge < -0.3 is 5.11 Å². The molecule has 0 radical (unpaired) electrons. The number of carboxylic acid groups (broad SMARTS) is 1. The molecule has 1 saturated heterocycles. The lowest BCUT2D eigenvalue weighted by molar-refractivity contribution is 0.0697. The first kappa shape index (κ1) is 17.1. The highest BCUT2D eigenvalue weighted by atomic mass is 32.1. The zero-order chi connectivity index (χ0) is 16.9. The number of aryl methyl sites for hydroxylation is 1. The van der Waals surface area contributed by atoms with Crippen LogP contribution in [0.4, 0.5) is 0 Å². The van der Waals surface area contributed by atoms with Crippen molar-refractivity contribution in [1.82, 2.24) is 14.8 Å². The van der Waals surface area contributed by atoms with E-state index in [-0.39, 0.29) is 0 Å². The Bertz CT molecular complexity index is 676. The summed E-state index contributed by atoms with van der Waals surface area (Å²) in [4.78, 5) is 20.4. The largest absolute Gasteiger partial charge is 0.478 e. The molecule has 0 spiro atoms. The average Bonchev–Trinajstić information content (AvgIpc) is 3.05. The Hall–Kier alpha value is -1.76. The van der Waals surface area contributed by atoms with Crippen molar-refractivity contribution < 1.29 is 9.90 Å². The fourth-order valence-corrected chi connectivity index (χ4v) is 3.67. The van der Waals surface area contributed by atoms with Gasteiger partial charge in [-0.1, -0.05) is 19.1 Å². The van der Waals surface area contributed by atoms with Crippen molar-refractivity contribution in [3.05, 3.63) is 51.5 Å². The molecule has 5 nitrogen and oxygen atoms in total. The lowest BCUT2D eigenvalue weighted by Crippen LogP contribution is -2.45. The normalized spacial score (nSPS) is 16.4. The molecule has 0 atom stereocenters. The third kappa shape index (κ3) is 4.41. The van der Waals surface area contributed by atoms with Gasteiger partial charge in [-0.2, -0.15) is 0 Å². The van der Waals surface area contributed by atoms with Crippen LogP contribution in [0.3, 0.4) is 0 Å². The molecule has 1 aliphatic rings. The van der Waals surface area contributed by atoms with Crippen LogP contribution in [-0.2, 0) is 19.5 Å². The minimum atomic E-state index is -0.872. The van der Waals surface area contributed by atoms with E-state index in [2.05, 4.69) is 27.1 Å². The summed E-state index contributed by atoms with van der Waals surface area (Å²) in [6, 6.07) is 7.19. The molecule has 24 heavy (non-hydrogen) atoms. The number of piperazine rings is 1. The third-order valence-electron chi connectivity index (χ3n) is 4.36.